The summed E-state index contributed by atoms with van der Waals surface area (Å²) in [6.45, 7) is 6.35. The topological polar surface area (TPSA) is 94.2 Å². The van der Waals surface area contributed by atoms with Crippen molar-refractivity contribution in [1.29, 1.82) is 0 Å². The molecule has 0 saturated carbocycles. The van der Waals surface area contributed by atoms with Crippen LogP contribution in [0.25, 0.3) is 6.08 Å². The Kier molecular flexibility index (Phi) is 7.14. The number of benzene rings is 2. The average Bonchev–Trinajstić information content (AvgIpc) is 2.76. The fourth-order valence-electron chi connectivity index (χ4n) is 3.10. The number of hydrogen-bond acceptors (Lipinski definition) is 6. The molecule has 1 N–H and O–H groups in total. The minimum absolute atomic E-state index is 0.0443. The van der Waals surface area contributed by atoms with Crippen molar-refractivity contribution < 1.29 is 28.6 Å². The normalized spacial score (nSPS) is 15.2. The maximum atomic E-state index is 13.1. The van der Waals surface area contributed by atoms with Crippen LogP contribution in [0, 0.1) is 0 Å². The highest BCUT2D eigenvalue weighted by atomic mass is 16.5. The zero-order valence-corrected chi connectivity index (χ0v) is 18.5. The van der Waals surface area contributed by atoms with E-state index in [1.54, 1.807) is 42.5 Å². The van der Waals surface area contributed by atoms with E-state index in [9.17, 15) is 14.4 Å². The molecule has 168 valence electrons. The van der Waals surface area contributed by atoms with Crippen LogP contribution < -0.4 is 24.4 Å². The van der Waals surface area contributed by atoms with Gasteiger partial charge in [0.25, 0.3) is 11.8 Å². The minimum Gasteiger partial charge on any atom is -0.494 e. The van der Waals surface area contributed by atoms with Crippen LogP contribution in [-0.4, -0.2) is 37.7 Å². The third-order valence-corrected chi connectivity index (χ3v) is 4.53. The molecule has 0 atom stereocenters. The number of carbonyl (C=O) groups excluding carboxylic acids is 3. The summed E-state index contributed by atoms with van der Waals surface area (Å²) in [6, 6.07) is 10.8. The Morgan fingerprint density at radius 3 is 2.38 bits per heavy atom. The number of nitrogens with zero attached hydrogens (tertiary/aromatic N) is 1. The van der Waals surface area contributed by atoms with E-state index in [2.05, 4.69) is 5.32 Å². The van der Waals surface area contributed by atoms with E-state index in [-0.39, 0.29) is 11.7 Å². The van der Waals surface area contributed by atoms with Crippen molar-refractivity contribution in [1.82, 2.24) is 5.32 Å². The summed E-state index contributed by atoms with van der Waals surface area (Å²) in [5.74, 6) is 0.157. The van der Waals surface area contributed by atoms with Crippen molar-refractivity contribution in [3.8, 4) is 17.2 Å². The first kappa shape index (κ1) is 22.9. The van der Waals surface area contributed by atoms with E-state index >= 15 is 0 Å². The zero-order chi connectivity index (χ0) is 23.3. The Balaban J connectivity index is 1.90. The van der Waals surface area contributed by atoms with Crippen molar-refractivity contribution in [2.75, 3.05) is 18.6 Å². The van der Waals surface area contributed by atoms with Gasteiger partial charge in [-0.05, 0) is 68.3 Å². The second kappa shape index (κ2) is 10.00. The molecule has 0 aliphatic carbocycles. The summed E-state index contributed by atoms with van der Waals surface area (Å²) in [4.78, 5) is 38.8. The molecule has 1 saturated heterocycles. The predicted octanol–water partition coefficient (Wildman–Crippen LogP) is 3.94. The number of hydrogen-bond donors (Lipinski definition) is 1. The Bertz CT molecular complexity index is 1040. The third-order valence-electron chi connectivity index (χ3n) is 4.53. The molecule has 8 nitrogen and oxygen atoms in total. The number of barbiturate groups is 1. The molecule has 8 heteroatoms. The van der Waals surface area contributed by atoms with Crippen LogP contribution in [0.1, 0.15) is 32.8 Å². The van der Waals surface area contributed by atoms with Crippen molar-refractivity contribution >= 4 is 29.6 Å². The summed E-state index contributed by atoms with van der Waals surface area (Å²) in [7, 11) is 1.51. The molecule has 1 aliphatic rings. The van der Waals surface area contributed by atoms with Crippen molar-refractivity contribution in [3.05, 3.63) is 53.6 Å². The third kappa shape index (κ3) is 5.08. The smallest absolute Gasteiger partial charge is 0.335 e. The lowest BCUT2D eigenvalue weighted by molar-refractivity contribution is -0.122. The summed E-state index contributed by atoms with van der Waals surface area (Å²) in [6.07, 6.45) is 2.23. The van der Waals surface area contributed by atoms with E-state index in [1.807, 2.05) is 20.8 Å². The SMILES string of the molecule is CCCOc1ccc(N2C(=O)NC(=O)/C(=C/c3ccc(OC(C)C)c(OC)c3)C2=O)cc1. The molecule has 0 aromatic heterocycles. The number of anilines is 1. The molecular formula is C24H26N2O6. The van der Waals surface area contributed by atoms with Gasteiger partial charge in [-0.1, -0.05) is 13.0 Å². The van der Waals surface area contributed by atoms with Gasteiger partial charge < -0.3 is 14.2 Å². The maximum absolute atomic E-state index is 13.1. The number of urea groups is 1. The average molecular weight is 438 g/mol. The van der Waals surface area contributed by atoms with Gasteiger partial charge in [0.1, 0.15) is 11.3 Å². The number of carbonyl (C=O) groups is 3. The van der Waals surface area contributed by atoms with Crippen molar-refractivity contribution in [2.45, 2.75) is 33.3 Å². The van der Waals surface area contributed by atoms with Gasteiger partial charge in [-0.2, -0.15) is 0 Å². The van der Waals surface area contributed by atoms with Crippen LogP contribution in [0.2, 0.25) is 0 Å². The highest BCUT2D eigenvalue weighted by Crippen LogP contribution is 2.30. The van der Waals surface area contributed by atoms with E-state index in [1.165, 1.54) is 13.2 Å². The Morgan fingerprint density at radius 2 is 1.75 bits per heavy atom. The van der Waals surface area contributed by atoms with E-state index in [0.29, 0.717) is 35.1 Å². The molecule has 0 unspecified atom stereocenters. The minimum atomic E-state index is -0.808. The monoisotopic (exact) mass is 438 g/mol. The molecular weight excluding hydrogens is 412 g/mol. The fourth-order valence-corrected chi connectivity index (χ4v) is 3.10. The molecule has 2 aromatic rings. The molecule has 0 bridgehead atoms. The van der Waals surface area contributed by atoms with Crippen LogP contribution in [0.15, 0.2) is 48.0 Å². The van der Waals surface area contributed by atoms with E-state index < -0.39 is 17.8 Å². The first-order chi connectivity index (χ1) is 15.3. The Morgan fingerprint density at radius 1 is 1.03 bits per heavy atom. The van der Waals surface area contributed by atoms with Crippen LogP contribution in [0.4, 0.5) is 10.5 Å². The van der Waals surface area contributed by atoms with Crippen LogP contribution >= 0.6 is 0 Å². The van der Waals surface area contributed by atoms with Gasteiger partial charge in [0, 0.05) is 0 Å². The number of rotatable bonds is 8. The van der Waals surface area contributed by atoms with Gasteiger partial charge in [0.2, 0.25) is 0 Å². The lowest BCUT2D eigenvalue weighted by atomic mass is 10.1. The molecule has 0 radical (unpaired) electrons. The standard InChI is InChI=1S/C24H26N2O6/c1-5-12-31-18-9-7-17(8-10-18)26-23(28)19(22(27)25-24(26)29)13-16-6-11-20(32-15(2)3)21(14-16)30-4/h6-11,13-15H,5,12H2,1-4H3,(H,25,27,29)/b19-13-. The molecule has 1 heterocycles. The molecule has 1 fully saturated rings. The number of amides is 4. The lowest BCUT2D eigenvalue weighted by Crippen LogP contribution is -2.54. The maximum Gasteiger partial charge on any atom is 0.335 e. The summed E-state index contributed by atoms with van der Waals surface area (Å²) >= 11 is 0. The first-order valence-electron chi connectivity index (χ1n) is 10.3. The molecule has 0 spiro atoms. The number of ether oxygens (including phenoxy) is 3. The van der Waals surface area contributed by atoms with Crippen LogP contribution in [0.3, 0.4) is 0 Å². The summed E-state index contributed by atoms with van der Waals surface area (Å²) < 4.78 is 16.6. The highest BCUT2D eigenvalue weighted by Gasteiger charge is 2.36. The number of nitrogens with one attached hydrogen (secondary N) is 1. The molecule has 1 aliphatic heterocycles. The summed E-state index contributed by atoms with van der Waals surface area (Å²) in [5, 5.41) is 2.22. The van der Waals surface area contributed by atoms with Gasteiger partial charge in [0.15, 0.2) is 11.5 Å². The zero-order valence-electron chi connectivity index (χ0n) is 18.5. The van der Waals surface area contributed by atoms with Crippen LogP contribution in [0.5, 0.6) is 17.2 Å². The molecule has 2 aromatic carbocycles. The summed E-state index contributed by atoms with van der Waals surface area (Å²) in [5.41, 5.74) is 0.706. The van der Waals surface area contributed by atoms with E-state index in [0.717, 1.165) is 11.3 Å². The molecule has 32 heavy (non-hydrogen) atoms. The lowest BCUT2D eigenvalue weighted by Gasteiger charge is -2.26. The van der Waals surface area contributed by atoms with Gasteiger partial charge >= 0.3 is 6.03 Å². The predicted molar refractivity (Wildman–Crippen MR) is 120 cm³/mol. The van der Waals surface area contributed by atoms with E-state index in [4.69, 9.17) is 14.2 Å². The number of imide groups is 2. The molecule has 4 amide bonds. The van der Waals surface area contributed by atoms with Gasteiger partial charge in [-0.25, -0.2) is 9.69 Å². The van der Waals surface area contributed by atoms with Gasteiger partial charge in [0.05, 0.1) is 25.5 Å². The van der Waals surface area contributed by atoms with Gasteiger partial charge in [-0.3, -0.25) is 14.9 Å². The van der Waals surface area contributed by atoms with Crippen molar-refractivity contribution in [3.63, 3.8) is 0 Å². The largest absolute Gasteiger partial charge is 0.494 e. The fraction of sp³-hybridized carbons (Fsp3) is 0.292. The Labute approximate surface area is 186 Å². The molecule has 3 rings (SSSR count). The first-order valence-corrected chi connectivity index (χ1v) is 10.3. The second-order valence-corrected chi connectivity index (χ2v) is 7.38. The van der Waals surface area contributed by atoms with Crippen LogP contribution in [-0.2, 0) is 9.59 Å². The number of methoxy groups -OCH3 is 1. The Hall–Kier alpha value is -3.81. The second-order valence-electron chi connectivity index (χ2n) is 7.38. The highest BCUT2D eigenvalue weighted by molar-refractivity contribution is 6.39. The van der Waals surface area contributed by atoms with Gasteiger partial charge in [-0.15, -0.1) is 0 Å². The quantitative estimate of drug-likeness (QED) is 0.496. The van der Waals surface area contributed by atoms with Crippen molar-refractivity contribution in [2.24, 2.45) is 0 Å².